The van der Waals surface area contributed by atoms with Gasteiger partial charge in [0.15, 0.2) is 0 Å². The van der Waals surface area contributed by atoms with E-state index >= 15 is 0 Å². The number of hydrogen-bond acceptors (Lipinski definition) is 5. The van der Waals surface area contributed by atoms with Gasteiger partial charge >= 0.3 is 0 Å². The van der Waals surface area contributed by atoms with Crippen LogP contribution in [-0.2, 0) is 6.42 Å². The molecule has 5 nitrogen and oxygen atoms in total. The van der Waals surface area contributed by atoms with Crippen LogP contribution < -0.4 is 4.90 Å². The smallest absolute Gasteiger partial charge is 0.264 e. The summed E-state index contributed by atoms with van der Waals surface area (Å²) in [7, 11) is 0. The Morgan fingerprint density at radius 3 is 2.50 bits per heavy atom. The Hall–Kier alpha value is -2.47. The van der Waals surface area contributed by atoms with Crippen LogP contribution in [0.2, 0.25) is 0 Å². The lowest BCUT2D eigenvalue weighted by Gasteiger charge is -2.32. The second kappa shape index (κ2) is 9.13. The molecule has 1 aliphatic rings. The van der Waals surface area contributed by atoms with Gasteiger partial charge in [0, 0.05) is 26.2 Å². The van der Waals surface area contributed by atoms with Crippen molar-refractivity contribution in [3.8, 4) is 0 Å². The lowest BCUT2D eigenvalue weighted by Crippen LogP contribution is -2.38. The molecule has 0 aliphatic carbocycles. The van der Waals surface area contributed by atoms with Crippen molar-refractivity contribution in [1.29, 1.82) is 0 Å². The van der Waals surface area contributed by atoms with E-state index in [1.165, 1.54) is 16.9 Å². The summed E-state index contributed by atoms with van der Waals surface area (Å²) in [5.41, 5.74) is 2.42. The first-order valence-corrected chi connectivity index (χ1v) is 11.8. The van der Waals surface area contributed by atoms with Gasteiger partial charge in [-0.2, -0.15) is 0 Å². The minimum atomic E-state index is 0.152. The normalized spacial score (nSPS) is 15.0. The molecular weight excluding hydrogens is 392 g/mol. The van der Waals surface area contributed by atoms with Gasteiger partial charge < -0.3 is 9.80 Å². The fraction of sp³-hybridized carbons (Fsp3) is 0.458. The molecule has 3 heterocycles. The van der Waals surface area contributed by atoms with Gasteiger partial charge in [0.1, 0.15) is 17.0 Å². The highest BCUT2D eigenvalue weighted by Crippen LogP contribution is 2.36. The summed E-state index contributed by atoms with van der Waals surface area (Å²) in [6.07, 6.45) is 4.85. The number of rotatable bonds is 6. The van der Waals surface area contributed by atoms with E-state index < -0.39 is 0 Å². The lowest BCUT2D eigenvalue weighted by molar-refractivity contribution is 0.0695. The van der Waals surface area contributed by atoms with Crippen molar-refractivity contribution >= 4 is 33.3 Å². The number of carbonyl (C=O) groups is 1. The zero-order valence-corrected chi connectivity index (χ0v) is 18.9. The number of fused-ring (bicyclic) bond motifs is 1. The largest absolute Gasteiger partial charge is 0.357 e. The van der Waals surface area contributed by atoms with Gasteiger partial charge in [0.05, 0.1) is 10.3 Å². The number of aromatic nitrogens is 2. The first-order chi connectivity index (χ1) is 14.6. The number of anilines is 1. The third-order valence-corrected chi connectivity index (χ3v) is 7.42. The Balaban J connectivity index is 1.50. The molecule has 1 amide bonds. The van der Waals surface area contributed by atoms with Gasteiger partial charge in [-0.25, -0.2) is 9.97 Å². The minimum Gasteiger partial charge on any atom is -0.357 e. The maximum Gasteiger partial charge on any atom is 0.264 e. The SMILES string of the molecule is CCN(CC)c1ncnc2sc(C(=O)N3CCC(Cc4ccccc4)CC3)c(C)c12. The Morgan fingerprint density at radius 1 is 1.13 bits per heavy atom. The maximum atomic E-state index is 13.3. The molecule has 0 spiro atoms. The molecule has 1 saturated heterocycles. The standard InChI is InChI=1S/C24H30N4OS/c1-4-27(5-2)22-20-17(3)21(30-23(20)26-16-25-22)24(29)28-13-11-19(12-14-28)15-18-9-7-6-8-10-18/h6-10,16,19H,4-5,11-15H2,1-3H3. The Kier molecular flexibility index (Phi) is 6.32. The Labute approximate surface area is 182 Å². The van der Waals surface area contributed by atoms with Crippen molar-refractivity contribution in [3.63, 3.8) is 0 Å². The molecule has 0 atom stereocenters. The quantitative estimate of drug-likeness (QED) is 0.564. The molecule has 2 aromatic heterocycles. The molecule has 0 radical (unpaired) electrons. The number of thiophene rings is 1. The van der Waals surface area contributed by atoms with Crippen LogP contribution in [0.5, 0.6) is 0 Å². The van der Waals surface area contributed by atoms with E-state index in [0.29, 0.717) is 5.92 Å². The predicted molar refractivity (Wildman–Crippen MR) is 124 cm³/mol. The number of amides is 1. The van der Waals surface area contributed by atoms with E-state index in [2.05, 4.69) is 59.0 Å². The summed E-state index contributed by atoms with van der Waals surface area (Å²) in [4.78, 5) is 28.4. The fourth-order valence-corrected chi connectivity index (χ4v) is 5.56. The number of likely N-dealkylation sites (tertiary alicyclic amines) is 1. The number of aryl methyl sites for hydroxylation is 1. The van der Waals surface area contributed by atoms with Crippen molar-refractivity contribution in [2.24, 2.45) is 5.92 Å². The maximum absolute atomic E-state index is 13.3. The third kappa shape index (κ3) is 4.06. The average molecular weight is 423 g/mol. The van der Waals surface area contributed by atoms with Crippen LogP contribution in [0, 0.1) is 12.8 Å². The lowest BCUT2D eigenvalue weighted by atomic mass is 9.90. The van der Waals surface area contributed by atoms with Crippen molar-refractivity contribution in [2.45, 2.75) is 40.0 Å². The fourth-order valence-electron chi connectivity index (χ4n) is 4.45. The molecule has 0 saturated carbocycles. The molecule has 30 heavy (non-hydrogen) atoms. The number of carbonyl (C=O) groups excluding carboxylic acids is 1. The van der Waals surface area contributed by atoms with Crippen LogP contribution in [-0.4, -0.2) is 47.0 Å². The van der Waals surface area contributed by atoms with Gasteiger partial charge in [-0.1, -0.05) is 30.3 Å². The van der Waals surface area contributed by atoms with Gasteiger partial charge in [0.25, 0.3) is 5.91 Å². The summed E-state index contributed by atoms with van der Waals surface area (Å²) < 4.78 is 0. The van der Waals surface area contributed by atoms with Crippen LogP contribution in [0.25, 0.3) is 10.2 Å². The molecule has 158 valence electrons. The van der Waals surface area contributed by atoms with Crippen LogP contribution in [0.4, 0.5) is 5.82 Å². The first-order valence-electron chi connectivity index (χ1n) is 10.9. The van der Waals surface area contributed by atoms with E-state index in [1.807, 2.05) is 11.8 Å². The Morgan fingerprint density at radius 2 is 1.83 bits per heavy atom. The summed E-state index contributed by atoms with van der Waals surface area (Å²) in [5.74, 6) is 1.75. The van der Waals surface area contributed by atoms with E-state index in [-0.39, 0.29) is 5.91 Å². The van der Waals surface area contributed by atoms with Crippen molar-refractivity contribution in [3.05, 3.63) is 52.7 Å². The highest BCUT2D eigenvalue weighted by molar-refractivity contribution is 7.20. The molecule has 4 rings (SSSR count). The molecule has 1 aromatic carbocycles. The second-order valence-electron chi connectivity index (χ2n) is 8.03. The molecule has 1 aliphatic heterocycles. The topological polar surface area (TPSA) is 49.3 Å². The van der Waals surface area contributed by atoms with E-state index in [0.717, 1.165) is 71.9 Å². The Bertz CT molecular complexity index is 1000. The van der Waals surface area contributed by atoms with Gasteiger partial charge in [-0.3, -0.25) is 4.79 Å². The summed E-state index contributed by atoms with van der Waals surface area (Å²) in [5, 5.41) is 1.04. The van der Waals surface area contributed by atoms with Crippen LogP contribution in [0.3, 0.4) is 0 Å². The number of piperidine rings is 1. The van der Waals surface area contributed by atoms with Gasteiger partial charge in [-0.15, -0.1) is 11.3 Å². The van der Waals surface area contributed by atoms with Gasteiger partial charge in [0.2, 0.25) is 0 Å². The average Bonchev–Trinajstić information content (AvgIpc) is 3.12. The zero-order valence-electron chi connectivity index (χ0n) is 18.1. The van der Waals surface area contributed by atoms with Crippen molar-refractivity contribution in [2.75, 3.05) is 31.1 Å². The highest BCUT2D eigenvalue weighted by Gasteiger charge is 2.28. The summed E-state index contributed by atoms with van der Waals surface area (Å²) in [6.45, 7) is 9.74. The van der Waals surface area contributed by atoms with E-state index in [9.17, 15) is 4.79 Å². The van der Waals surface area contributed by atoms with Crippen molar-refractivity contribution < 1.29 is 4.79 Å². The zero-order chi connectivity index (χ0) is 21.1. The first kappa shape index (κ1) is 20.8. The monoisotopic (exact) mass is 422 g/mol. The summed E-state index contributed by atoms with van der Waals surface area (Å²) >= 11 is 1.51. The van der Waals surface area contributed by atoms with E-state index in [1.54, 1.807) is 6.33 Å². The number of benzene rings is 1. The number of nitrogens with zero attached hydrogens (tertiary/aromatic N) is 4. The predicted octanol–water partition coefficient (Wildman–Crippen LogP) is 4.94. The molecule has 1 fully saturated rings. The molecular formula is C24H30N4OS. The molecule has 6 heteroatoms. The second-order valence-corrected chi connectivity index (χ2v) is 9.03. The molecule has 3 aromatic rings. The molecule has 0 N–H and O–H groups in total. The number of hydrogen-bond donors (Lipinski definition) is 0. The van der Waals surface area contributed by atoms with Crippen LogP contribution >= 0.6 is 11.3 Å². The summed E-state index contributed by atoms with van der Waals surface area (Å²) in [6, 6.07) is 10.7. The van der Waals surface area contributed by atoms with E-state index in [4.69, 9.17) is 0 Å². The highest BCUT2D eigenvalue weighted by atomic mass is 32.1. The van der Waals surface area contributed by atoms with Crippen LogP contribution in [0.15, 0.2) is 36.7 Å². The third-order valence-electron chi connectivity index (χ3n) is 6.23. The molecule has 0 unspecified atom stereocenters. The van der Waals surface area contributed by atoms with Gasteiger partial charge in [-0.05, 0) is 57.1 Å². The van der Waals surface area contributed by atoms with Crippen molar-refractivity contribution in [1.82, 2.24) is 14.9 Å². The minimum absolute atomic E-state index is 0.152. The molecule has 0 bridgehead atoms. The van der Waals surface area contributed by atoms with Crippen LogP contribution in [0.1, 0.15) is 47.5 Å².